The molecule has 2 aromatic heterocycles. The highest BCUT2D eigenvalue weighted by Crippen LogP contribution is 2.28. The Balaban J connectivity index is 1.72. The number of aromatic nitrogens is 4. The van der Waals surface area contributed by atoms with Crippen LogP contribution < -0.4 is 0 Å². The van der Waals surface area contributed by atoms with Gasteiger partial charge in [0.25, 0.3) is 0 Å². The number of hydrogen-bond donors (Lipinski definition) is 0. The van der Waals surface area contributed by atoms with Crippen LogP contribution in [0.5, 0.6) is 0 Å². The van der Waals surface area contributed by atoms with Crippen molar-refractivity contribution in [3.05, 3.63) is 29.7 Å². The first-order valence-electron chi connectivity index (χ1n) is 7.85. The van der Waals surface area contributed by atoms with E-state index >= 15 is 0 Å². The maximum absolute atomic E-state index is 5.78. The van der Waals surface area contributed by atoms with Gasteiger partial charge in [0.05, 0.1) is 12.7 Å². The summed E-state index contributed by atoms with van der Waals surface area (Å²) in [6.07, 6.45) is 2.86. The molecule has 3 heterocycles. The van der Waals surface area contributed by atoms with Gasteiger partial charge in [0.2, 0.25) is 5.89 Å². The summed E-state index contributed by atoms with van der Waals surface area (Å²) in [5.41, 5.74) is 1.25. The molecule has 0 bridgehead atoms. The minimum atomic E-state index is 0.0212. The van der Waals surface area contributed by atoms with Crippen molar-refractivity contribution in [2.24, 2.45) is 0 Å². The van der Waals surface area contributed by atoms with E-state index in [4.69, 9.17) is 9.26 Å². The van der Waals surface area contributed by atoms with Crippen molar-refractivity contribution in [2.75, 3.05) is 19.7 Å². The molecular formula is C15H23N5O2. The molecule has 1 aliphatic rings. The van der Waals surface area contributed by atoms with Crippen molar-refractivity contribution in [2.45, 2.75) is 45.9 Å². The Morgan fingerprint density at radius 2 is 2.27 bits per heavy atom. The highest BCUT2D eigenvalue weighted by molar-refractivity contribution is 5.03. The highest BCUT2D eigenvalue weighted by Gasteiger charge is 2.34. The van der Waals surface area contributed by atoms with Crippen LogP contribution in [0, 0.1) is 6.92 Å². The number of morpholine rings is 1. The molecule has 0 unspecified atom stereocenters. The van der Waals surface area contributed by atoms with E-state index in [2.05, 4.69) is 40.1 Å². The van der Waals surface area contributed by atoms with Gasteiger partial charge >= 0.3 is 0 Å². The first-order valence-corrected chi connectivity index (χ1v) is 7.85. The third-order valence-electron chi connectivity index (χ3n) is 4.15. The van der Waals surface area contributed by atoms with E-state index in [9.17, 15) is 0 Å². The Bertz CT molecular complexity index is 609. The third kappa shape index (κ3) is 3.05. The number of ether oxygens (including phenoxy) is 1. The Morgan fingerprint density at radius 3 is 3.00 bits per heavy atom. The lowest BCUT2D eigenvalue weighted by Crippen LogP contribution is -2.45. The van der Waals surface area contributed by atoms with Crippen LogP contribution in [0.25, 0.3) is 0 Å². The Morgan fingerprint density at radius 1 is 1.41 bits per heavy atom. The van der Waals surface area contributed by atoms with Gasteiger partial charge < -0.3 is 9.26 Å². The zero-order chi connectivity index (χ0) is 15.5. The smallest absolute Gasteiger partial charge is 0.246 e. The summed E-state index contributed by atoms with van der Waals surface area (Å²) in [5.74, 6) is 1.31. The molecule has 0 aliphatic carbocycles. The van der Waals surface area contributed by atoms with E-state index in [-0.39, 0.29) is 12.1 Å². The fourth-order valence-corrected chi connectivity index (χ4v) is 3.04. The molecule has 0 amide bonds. The predicted molar refractivity (Wildman–Crippen MR) is 80.4 cm³/mol. The third-order valence-corrected chi connectivity index (χ3v) is 4.15. The van der Waals surface area contributed by atoms with Crippen molar-refractivity contribution in [3.8, 4) is 0 Å². The summed E-state index contributed by atoms with van der Waals surface area (Å²) in [4.78, 5) is 6.77. The normalized spacial score (nSPS) is 23.0. The van der Waals surface area contributed by atoms with Gasteiger partial charge in [0.1, 0.15) is 6.04 Å². The summed E-state index contributed by atoms with van der Waals surface area (Å²) in [5, 5.41) is 8.24. The van der Waals surface area contributed by atoms with E-state index in [0.717, 1.165) is 32.7 Å². The van der Waals surface area contributed by atoms with E-state index in [0.29, 0.717) is 11.7 Å². The number of nitrogens with zero attached hydrogens (tertiary/aromatic N) is 5. The SMILES string of the molecule is CCn1nccc1CCN1CCO[C@H](C)[C@H]1c1nc(C)no1. The quantitative estimate of drug-likeness (QED) is 0.835. The van der Waals surface area contributed by atoms with Gasteiger partial charge in [-0.3, -0.25) is 9.58 Å². The molecule has 0 N–H and O–H groups in total. The molecule has 3 rings (SSSR count). The molecule has 0 spiro atoms. The average molecular weight is 305 g/mol. The van der Waals surface area contributed by atoms with Crippen molar-refractivity contribution in [1.29, 1.82) is 0 Å². The van der Waals surface area contributed by atoms with Crippen LogP contribution in [-0.2, 0) is 17.7 Å². The second kappa shape index (κ2) is 6.58. The minimum Gasteiger partial charge on any atom is -0.375 e. The molecule has 120 valence electrons. The topological polar surface area (TPSA) is 69.2 Å². The number of hydrogen-bond acceptors (Lipinski definition) is 6. The maximum Gasteiger partial charge on any atom is 0.246 e. The Kier molecular flexibility index (Phi) is 4.54. The van der Waals surface area contributed by atoms with Crippen LogP contribution in [0.2, 0.25) is 0 Å². The molecule has 2 atom stereocenters. The lowest BCUT2D eigenvalue weighted by Gasteiger charge is -2.37. The number of rotatable bonds is 5. The lowest BCUT2D eigenvalue weighted by atomic mass is 10.1. The zero-order valence-corrected chi connectivity index (χ0v) is 13.4. The first kappa shape index (κ1) is 15.2. The molecule has 0 saturated carbocycles. The van der Waals surface area contributed by atoms with Crippen molar-refractivity contribution < 1.29 is 9.26 Å². The second-order valence-electron chi connectivity index (χ2n) is 5.62. The summed E-state index contributed by atoms with van der Waals surface area (Å²) >= 11 is 0. The van der Waals surface area contributed by atoms with Crippen molar-refractivity contribution >= 4 is 0 Å². The van der Waals surface area contributed by atoms with Gasteiger partial charge in [0.15, 0.2) is 5.82 Å². The van der Waals surface area contributed by atoms with Crippen molar-refractivity contribution in [3.63, 3.8) is 0 Å². The van der Waals surface area contributed by atoms with Crippen LogP contribution in [0.3, 0.4) is 0 Å². The summed E-state index contributed by atoms with van der Waals surface area (Å²) < 4.78 is 13.2. The van der Waals surface area contributed by atoms with Crippen LogP contribution in [0.4, 0.5) is 0 Å². The number of aryl methyl sites for hydroxylation is 2. The van der Waals surface area contributed by atoms with Crippen LogP contribution in [-0.4, -0.2) is 50.6 Å². The zero-order valence-electron chi connectivity index (χ0n) is 13.4. The van der Waals surface area contributed by atoms with E-state index < -0.39 is 0 Å². The van der Waals surface area contributed by atoms with Gasteiger partial charge in [-0.15, -0.1) is 0 Å². The predicted octanol–water partition coefficient (Wildman–Crippen LogP) is 1.60. The lowest BCUT2D eigenvalue weighted by molar-refractivity contribution is -0.0724. The largest absolute Gasteiger partial charge is 0.375 e. The van der Waals surface area contributed by atoms with E-state index in [1.54, 1.807) is 0 Å². The first-order chi connectivity index (χ1) is 10.7. The van der Waals surface area contributed by atoms with Gasteiger partial charge in [-0.05, 0) is 26.8 Å². The van der Waals surface area contributed by atoms with Gasteiger partial charge in [-0.25, -0.2) is 0 Å². The molecule has 1 saturated heterocycles. The highest BCUT2D eigenvalue weighted by atomic mass is 16.5. The molecule has 7 nitrogen and oxygen atoms in total. The van der Waals surface area contributed by atoms with Crippen LogP contribution in [0.15, 0.2) is 16.8 Å². The monoisotopic (exact) mass is 305 g/mol. The molecule has 7 heteroatoms. The average Bonchev–Trinajstić information content (AvgIpc) is 3.13. The minimum absolute atomic E-state index is 0.0212. The van der Waals surface area contributed by atoms with Gasteiger partial charge in [-0.1, -0.05) is 5.16 Å². The van der Waals surface area contributed by atoms with Crippen molar-refractivity contribution in [1.82, 2.24) is 24.8 Å². The van der Waals surface area contributed by atoms with Crippen LogP contribution >= 0.6 is 0 Å². The molecular weight excluding hydrogens is 282 g/mol. The molecule has 22 heavy (non-hydrogen) atoms. The fourth-order valence-electron chi connectivity index (χ4n) is 3.04. The maximum atomic E-state index is 5.78. The van der Waals surface area contributed by atoms with Gasteiger partial charge in [-0.2, -0.15) is 10.1 Å². The standard InChI is InChI=1S/C15H23N5O2/c1-4-20-13(5-7-16-20)6-8-19-9-10-21-11(2)14(19)15-17-12(3)18-22-15/h5,7,11,14H,4,6,8-10H2,1-3H3/t11-,14+/m1/s1. The molecule has 2 aromatic rings. The second-order valence-corrected chi connectivity index (χ2v) is 5.62. The van der Waals surface area contributed by atoms with Crippen LogP contribution in [0.1, 0.15) is 37.3 Å². The Hall–Kier alpha value is -1.73. The summed E-state index contributed by atoms with van der Waals surface area (Å²) in [6, 6.07) is 2.10. The molecule has 0 aromatic carbocycles. The Labute approximate surface area is 130 Å². The molecule has 0 radical (unpaired) electrons. The summed E-state index contributed by atoms with van der Waals surface area (Å²) in [6.45, 7) is 9.43. The van der Waals surface area contributed by atoms with E-state index in [1.165, 1.54) is 5.69 Å². The summed E-state index contributed by atoms with van der Waals surface area (Å²) in [7, 11) is 0. The molecule has 1 aliphatic heterocycles. The molecule has 1 fully saturated rings. The van der Waals surface area contributed by atoms with Gasteiger partial charge in [0, 0.05) is 37.9 Å². The van der Waals surface area contributed by atoms with E-state index in [1.807, 2.05) is 17.8 Å². The fraction of sp³-hybridized carbons (Fsp3) is 0.667.